The number of amides is 1. The van der Waals surface area contributed by atoms with Gasteiger partial charge in [0.2, 0.25) is 6.04 Å². The van der Waals surface area contributed by atoms with Crippen LogP contribution in [0, 0.1) is 11.3 Å². The van der Waals surface area contributed by atoms with Crippen LogP contribution in [0.2, 0.25) is 5.02 Å². The van der Waals surface area contributed by atoms with E-state index in [1.807, 2.05) is 11.9 Å². The molecule has 1 amide bonds. The van der Waals surface area contributed by atoms with Crippen molar-refractivity contribution >= 4 is 23.4 Å². The maximum absolute atomic E-state index is 12.1. The molecule has 0 fully saturated rings. The maximum atomic E-state index is 12.1. The Hall–Kier alpha value is -2.93. The number of nitrogens with two attached hydrogens (primary N) is 1. The lowest BCUT2D eigenvalue weighted by Crippen LogP contribution is -2.49. The number of hydrogen-bond acceptors (Lipinski definition) is 2. The fourth-order valence-electron chi connectivity index (χ4n) is 2.46. The van der Waals surface area contributed by atoms with Gasteiger partial charge in [0.15, 0.2) is 12.4 Å². The van der Waals surface area contributed by atoms with Crippen molar-refractivity contribution in [2.45, 2.75) is 12.0 Å². The van der Waals surface area contributed by atoms with Gasteiger partial charge in [0.25, 0.3) is 5.91 Å². The number of aromatic nitrogens is 1. The molecule has 2 N–H and O–H groups in total. The van der Waals surface area contributed by atoms with E-state index in [4.69, 9.17) is 17.3 Å². The third kappa shape index (κ3) is 3.46. The predicted molar refractivity (Wildman–Crippen MR) is 86.6 cm³/mol. The molecular weight excluding hydrogens is 312 g/mol. The van der Waals surface area contributed by atoms with Gasteiger partial charge in [-0.05, 0) is 11.6 Å². The first-order valence-electron chi connectivity index (χ1n) is 6.76. The zero-order valence-corrected chi connectivity index (χ0v) is 12.8. The lowest BCUT2D eigenvalue weighted by molar-refractivity contribution is -0.711. The Morgan fingerprint density at radius 2 is 1.87 bits per heavy atom. The largest absolute Gasteiger partial charge is 0.762 e. The van der Waals surface area contributed by atoms with Crippen molar-refractivity contribution < 1.29 is 9.36 Å². The fraction of sp³-hybridized carbons (Fsp3) is 0.118. The van der Waals surface area contributed by atoms with Crippen LogP contribution in [0.25, 0.3) is 5.41 Å². The Balaban J connectivity index is 2.70. The van der Waals surface area contributed by atoms with E-state index >= 15 is 0 Å². The molecule has 2 atom stereocenters. The molecule has 1 aromatic carbocycles. The van der Waals surface area contributed by atoms with Crippen molar-refractivity contribution in [3.8, 4) is 6.07 Å². The quantitative estimate of drug-likeness (QED) is 0.518. The zero-order chi connectivity index (χ0) is 16.8. The summed E-state index contributed by atoms with van der Waals surface area (Å²) in [6, 6.07) is 13.0. The van der Waals surface area contributed by atoms with Gasteiger partial charge < -0.3 is 11.1 Å². The van der Waals surface area contributed by atoms with E-state index in [1.165, 1.54) is 0 Å². The number of carbonyl (C=O) groups is 1. The van der Waals surface area contributed by atoms with Crippen molar-refractivity contribution in [1.82, 2.24) is 0 Å². The number of nitriles is 1. The molecule has 0 bridgehead atoms. The normalized spacial score (nSPS) is 12.5. The number of allylic oxidation sites excluding steroid dienone is 1. The highest BCUT2D eigenvalue weighted by molar-refractivity contribution is 6.31. The molecule has 1 heterocycles. The monoisotopic (exact) mass is 324 g/mol. The molecule has 114 valence electrons. The standard InChI is InChI=1S/C17H13ClN4O/c18-14-7-3-2-6-13(14)15(12(10-19)11-20)16(17(21)23)22-8-4-1-5-9-22/h1-9,15-16H,(H2,21,23). The van der Waals surface area contributed by atoms with Gasteiger partial charge in [-0.3, -0.25) is 10.7 Å². The second kappa shape index (κ2) is 7.37. The summed E-state index contributed by atoms with van der Waals surface area (Å²) in [7, 11) is 0. The first kappa shape index (κ1) is 16.4. The van der Waals surface area contributed by atoms with E-state index in [9.17, 15) is 15.5 Å². The summed E-state index contributed by atoms with van der Waals surface area (Å²) in [6.07, 6.45) is 3.32. The molecule has 2 unspecified atom stereocenters. The lowest BCUT2D eigenvalue weighted by atomic mass is 9.85. The SMILES string of the molecule is N#CC(=C=[N-])C(c1ccccc1Cl)C(C(N)=O)[n+]1ccccc1. The van der Waals surface area contributed by atoms with Crippen molar-refractivity contribution in [3.63, 3.8) is 0 Å². The maximum Gasteiger partial charge on any atom is 0.287 e. The highest BCUT2D eigenvalue weighted by atomic mass is 35.5. The van der Waals surface area contributed by atoms with Gasteiger partial charge in [0, 0.05) is 17.2 Å². The van der Waals surface area contributed by atoms with Gasteiger partial charge in [-0.25, -0.2) is 0 Å². The molecule has 1 aromatic heterocycles. The summed E-state index contributed by atoms with van der Waals surface area (Å²) in [4.78, 5) is 12.1. The fourth-order valence-corrected chi connectivity index (χ4v) is 2.71. The van der Waals surface area contributed by atoms with Crippen LogP contribution < -0.4 is 10.3 Å². The molecule has 2 rings (SSSR count). The summed E-state index contributed by atoms with van der Waals surface area (Å²) in [5.41, 5.74) is 5.95. The molecule has 2 aromatic rings. The highest BCUT2D eigenvalue weighted by Crippen LogP contribution is 2.35. The van der Waals surface area contributed by atoms with Crippen LogP contribution in [0.15, 0.2) is 60.4 Å². The zero-order valence-electron chi connectivity index (χ0n) is 12.1. The molecular formula is C17H13ClN4O. The molecule has 0 radical (unpaired) electrons. The van der Waals surface area contributed by atoms with E-state index in [2.05, 4.69) is 0 Å². The first-order chi connectivity index (χ1) is 11.1. The Labute approximate surface area is 138 Å². The van der Waals surface area contributed by atoms with Crippen LogP contribution in [0.1, 0.15) is 17.5 Å². The van der Waals surface area contributed by atoms with E-state index in [0.717, 1.165) is 0 Å². The Bertz CT molecular complexity index is 807. The smallest absolute Gasteiger partial charge is 0.287 e. The number of hydrogen-bond donors (Lipinski definition) is 1. The third-order valence-electron chi connectivity index (χ3n) is 3.46. The molecule has 0 aliphatic rings. The molecule has 0 saturated carbocycles. The summed E-state index contributed by atoms with van der Waals surface area (Å²) in [5, 5.41) is 19.0. The predicted octanol–water partition coefficient (Wildman–Crippen LogP) is 2.13. The summed E-state index contributed by atoms with van der Waals surface area (Å²) in [6.45, 7) is 0. The number of nitrogens with zero attached hydrogens (tertiary/aromatic N) is 3. The summed E-state index contributed by atoms with van der Waals surface area (Å²) >= 11 is 6.22. The van der Waals surface area contributed by atoms with Gasteiger partial charge in [0.1, 0.15) is 6.07 Å². The minimum atomic E-state index is -0.939. The summed E-state index contributed by atoms with van der Waals surface area (Å²) < 4.78 is 1.57. The van der Waals surface area contributed by atoms with Gasteiger partial charge in [-0.2, -0.15) is 9.83 Å². The second-order valence-electron chi connectivity index (χ2n) is 4.81. The number of halogens is 1. The first-order valence-corrected chi connectivity index (χ1v) is 7.14. The molecule has 6 heteroatoms. The number of primary amides is 1. The number of benzene rings is 1. The molecule has 23 heavy (non-hydrogen) atoms. The van der Waals surface area contributed by atoms with Crippen molar-refractivity contribution in [1.29, 1.82) is 5.26 Å². The lowest BCUT2D eigenvalue weighted by Gasteiger charge is -2.21. The van der Waals surface area contributed by atoms with Gasteiger partial charge >= 0.3 is 0 Å². The highest BCUT2D eigenvalue weighted by Gasteiger charge is 2.39. The van der Waals surface area contributed by atoms with E-state index < -0.39 is 17.9 Å². The van der Waals surface area contributed by atoms with Crippen LogP contribution >= 0.6 is 11.6 Å². The average Bonchev–Trinajstić information content (AvgIpc) is 2.56. The number of pyridine rings is 1. The average molecular weight is 325 g/mol. The van der Waals surface area contributed by atoms with Crippen molar-refractivity contribution in [2.75, 3.05) is 0 Å². The number of carbonyl (C=O) groups excluding carboxylic acids is 1. The molecule has 0 saturated heterocycles. The van der Waals surface area contributed by atoms with Crippen LogP contribution in [0.5, 0.6) is 0 Å². The van der Waals surface area contributed by atoms with Crippen LogP contribution in [0.4, 0.5) is 0 Å². The second-order valence-corrected chi connectivity index (χ2v) is 5.21. The van der Waals surface area contributed by atoms with Gasteiger partial charge in [-0.15, -0.1) is 0 Å². The van der Waals surface area contributed by atoms with Crippen LogP contribution in [0.3, 0.4) is 0 Å². The topological polar surface area (TPSA) is 93.1 Å². The van der Waals surface area contributed by atoms with Crippen molar-refractivity contribution in [3.05, 3.63) is 76.4 Å². The molecule has 5 nitrogen and oxygen atoms in total. The van der Waals surface area contributed by atoms with Gasteiger partial charge in [-0.1, -0.05) is 35.9 Å². The summed E-state index contributed by atoms with van der Waals surface area (Å²) in [5.74, 6) is 0.342. The van der Waals surface area contributed by atoms with Crippen molar-refractivity contribution in [2.24, 2.45) is 5.73 Å². The molecule has 0 aliphatic heterocycles. The third-order valence-corrected chi connectivity index (χ3v) is 3.80. The van der Waals surface area contributed by atoms with Gasteiger partial charge in [0.05, 0.1) is 11.5 Å². The minimum absolute atomic E-state index is 0.127. The van der Waals surface area contributed by atoms with Crippen LogP contribution in [-0.2, 0) is 4.79 Å². The molecule has 0 aliphatic carbocycles. The Kier molecular flexibility index (Phi) is 5.27. The Morgan fingerprint density at radius 3 is 2.39 bits per heavy atom. The minimum Gasteiger partial charge on any atom is -0.762 e. The molecule has 0 spiro atoms. The van der Waals surface area contributed by atoms with E-state index in [0.29, 0.717) is 10.6 Å². The number of rotatable bonds is 5. The van der Waals surface area contributed by atoms with E-state index in [-0.39, 0.29) is 5.57 Å². The van der Waals surface area contributed by atoms with E-state index in [1.54, 1.807) is 59.4 Å². The Morgan fingerprint density at radius 1 is 1.22 bits per heavy atom. The van der Waals surface area contributed by atoms with Crippen LogP contribution in [-0.4, -0.2) is 11.8 Å².